The molecule has 2 bridgehead atoms. The van der Waals surface area contributed by atoms with E-state index in [0.29, 0.717) is 0 Å². The first kappa shape index (κ1) is 17.7. The molecule has 3 atom stereocenters. The third-order valence-electron chi connectivity index (χ3n) is 4.28. The second-order valence-electron chi connectivity index (χ2n) is 7.39. The number of carbonyl (C=O) groups is 2. The molecule has 0 saturated carbocycles. The van der Waals surface area contributed by atoms with Gasteiger partial charge in [0.25, 0.3) is 0 Å². The fraction of sp³-hybridized carbons (Fsp3) is 0.444. The lowest BCUT2D eigenvalue weighted by atomic mass is 10.1. The Morgan fingerprint density at radius 1 is 1.12 bits per heavy atom. The van der Waals surface area contributed by atoms with E-state index in [9.17, 15) is 18.0 Å². The number of ether oxygens (including phenoxy) is 1. The van der Waals surface area contributed by atoms with Gasteiger partial charge in [-0.3, -0.25) is 9.69 Å². The molecule has 1 aromatic carbocycles. The van der Waals surface area contributed by atoms with Crippen LogP contribution in [0.4, 0.5) is 4.79 Å². The molecule has 1 saturated heterocycles. The normalized spacial score (nSPS) is 25.5. The molecular weight excluding hydrogens is 342 g/mol. The highest BCUT2D eigenvalue weighted by Crippen LogP contribution is 2.37. The van der Waals surface area contributed by atoms with Crippen LogP contribution < -0.4 is 0 Å². The van der Waals surface area contributed by atoms with Crippen molar-refractivity contribution in [1.29, 1.82) is 0 Å². The SMILES string of the molecule is Cc1ccc(S(=O)(=O)C2C(=O)[C@@H]3C=C[C@H]2N3C(=O)OC(C)(C)C)cc1. The third-order valence-corrected chi connectivity index (χ3v) is 6.39. The van der Waals surface area contributed by atoms with E-state index >= 15 is 0 Å². The van der Waals surface area contributed by atoms with Gasteiger partial charge in [0.15, 0.2) is 20.9 Å². The zero-order chi connectivity index (χ0) is 18.6. The van der Waals surface area contributed by atoms with Crippen molar-refractivity contribution in [3.05, 3.63) is 42.0 Å². The standard InChI is InChI=1S/C18H21NO5S/c1-11-5-7-12(8-6-11)25(22,23)16-14-10-9-13(15(16)20)19(14)17(21)24-18(2,3)4/h5-10,13-14,16H,1-4H3/t13-,14+,16?/m0/s1. The van der Waals surface area contributed by atoms with E-state index in [4.69, 9.17) is 4.74 Å². The van der Waals surface area contributed by atoms with Crippen LogP contribution in [0, 0.1) is 6.92 Å². The smallest absolute Gasteiger partial charge is 0.411 e. The number of benzene rings is 1. The summed E-state index contributed by atoms with van der Waals surface area (Å²) in [6.45, 7) is 7.02. The summed E-state index contributed by atoms with van der Waals surface area (Å²) in [5.41, 5.74) is 0.196. The summed E-state index contributed by atoms with van der Waals surface area (Å²) < 4.78 is 31.3. The van der Waals surface area contributed by atoms with Crippen molar-refractivity contribution >= 4 is 21.7 Å². The molecule has 1 amide bonds. The first-order valence-electron chi connectivity index (χ1n) is 8.06. The molecule has 0 aromatic heterocycles. The van der Waals surface area contributed by atoms with Crippen molar-refractivity contribution in [3.63, 3.8) is 0 Å². The molecule has 1 aromatic rings. The molecule has 2 heterocycles. The molecule has 3 rings (SSSR count). The predicted molar refractivity (Wildman–Crippen MR) is 91.9 cm³/mol. The van der Waals surface area contributed by atoms with Crippen LogP contribution in [0.25, 0.3) is 0 Å². The Morgan fingerprint density at radius 2 is 1.72 bits per heavy atom. The van der Waals surface area contributed by atoms with Crippen molar-refractivity contribution in [2.75, 3.05) is 0 Å². The predicted octanol–water partition coefficient (Wildman–Crippen LogP) is 2.26. The summed E-state index contributed by atoms with van der Waals surface area (Å²) in [6.07, 6.45) is 2.49. The lowest BCUT2D eigenvalue weighted by Crippen LogP contribution is -2.43. The van der Waals surface area contributed by atoms with Gasteiger partial charge in [-0.05, 0) is 39.8 Å². The number of aryl methyl sites for hydroxylation is 1. The van der Waals surface area contributed by atoms with Crippen molar-refractivity contribution in [2.24, 2.45) is 0 Å². The fourth-order valence-corrected chi connectivity index (χ4v) is 5.01. The Labute approximate surface area is 147 Å². The minimum Gasteiger partial charge on any atom is -0.444 e. The number of rotatable bonds is 2. The van der Waals surface area contributed by atoms with Crippen molar-refractivity contribution in [2.45, 2.75) is 55.5 Å². The molecule has 7 heteroatoms. The van der Waals surface area contributed by atoms with E-state index < -0.39 is 44.6 Å². The average molecular weight is 363 g/mol. The quantitative estimate of drug-likeness (QED) is 0.753. The zero-order valence-electron chi connectivity index (χ0n) is 14.6. The molecule has 2 aliphatic rings. The molecular formula is C18H21NO5S. The first-order chi connectivity index (χ1) is 11.5. The van der Waals surface area contributed by atoms with Gasteiger partial charge in [0.2, 0.25) is 0 Å². The number of fused-ring (bicyclic) bond motifs is 2. The van der Waals surface area contributed by atoms with Crippen molar-refractivity contribution < 1.29 is 22.7 Å². The van der Waals surface area contributed by atoms with Crippen LogP contribution in [-0.2, 0) is 19.4 Å². The van der Waals surface area contributed by atoms with Gasteiger partial charge in [-0.2, -0.15) is 0 Å². The number of nitrogens with zero attached hydrogens (tertiary/aromatic N) is 1. The Bertz CT molecular complexity index is 848. The number of carbonyl (C=O) groups excluding carboxylic acids is 2. The zero-order valence-corrected chi connectivity index (χ0v) is 15.4. The summed E-state index contributed by atoms with van der Waals surface area (Å²) in [7, 11) is -3.90. The number of sulfone groups is 1. The van der Waals surface area contributed by atoms with Crippen LogP contribution >= 0.6 is 0 Å². The Kier molecular flexibility index (Phi) is 4.02. The number of hydrogen-bond donors (Lipinski definition) is 0. The molecule has 1 unspecified atom stereocenters. The Morgan fingerprint density at radius 3 is 2.28 bits per heavy atom. The Balaban J connectivity index is 1.94. The van der Waals surface area contributed by atoms with Crippen LogP contribution in [0.15, 0.2) is 41.3 Å². The molecule has 6 nitrogen and oxygen atoms in total. The van der Waals surface area contributed by atoms with Crippen LogP contribution in [0.5, 0.6) is 0 Å². The van der Waals surface area contributed by atoms with Gasteiger partial charge in [0, 0.05) is 0 Å². The van der Waals surface area contributed by atoms with Gasteiger partial charge < -0.3 is 4.74 Å². The number of ketones is 1. The molecule has 134 valence electrons. The highest BCUT2D eigenvalue weighted by molar-refractivity contribution is 7.93. The molecule has 2 aliphatic heterocycles. The molecule has 0 N–H and O–H groups in total. The maximum absolute atomic E-state index is 13.0. The number of hydrogen-bond acceptors (Lipinski definition) is 5. The van der Waals surface area contributed by atoms with Gasteiger partial charge in [0.1, 0.15) is 11.6 Å². The minimum atomic E-state index is -3.90. The molecule has 25 heavy (non-hydrogen) atoms. The Hall–Kier alpha value is -2.15. The van der Waals surface area contributed by atoms with E-state index in [1.54, 1.807) is 45.1 Å². The second-order valence-corrected chi connectivity index (χ2v) is 9.46. The second kappa shape index (κ2) is 5.69. The van der Waals surface area contributed by atoms with E-state index in [0.717, 1.165) is 5.56 Å². The van der Waals surface area contributed by atoms with Gasteiger partial charge in [0.05, 0.1) is 10.9 Å². The van der Waals surface area contributed by atoms with Crippen LogP contribution in [0.1, 0.15) is 26.3 Å². The van der Waals surface area contributed by atoms with Gasteiger partial charge in [-0.1, -0.05) is 29.8 Å². The third kappa shape index (κ3) is 2.97. The molecule has 0 spiro atoms. The van der Waals surface area contributed by atoms with Gasteiger partial charge in [-0.25, -0.2) is 13.2 Å². The van der Waals surface area contributed by atoms with Crippen LogP contribution in [-0.4, -0.2) is 48.1 Å². The van der Waals surface area contributed by atoms with Crippen molar-refractivity contribution in [1.82, 2.24) is 4.90 Å². The summed E-state index contributed by atoms with van der Waals surface area (Å²) in [5, 5.41) is -1.29. The number of Topliss-reactive ketones (excluding diaryl/α,β-unsaturated/α-hetero) is 1. The van der Waals surface area contributed by atoms with E-state index in [2.05, 4.69) is 0 Å². The summed E-state index contributed by atoms with van der Waals surface area (Å²) in [6, 6.07) is 4.64. The maximum Gasteiger partial charge on any atom is 0.411 e. The average Bonchev–Trinajstić information content (AvgIpc) is 3.01. The molecule has 1 fully saturated rings. The molecule has 0 aliphatic carbocycles. The van der Waals surface area contributed by atoms with E-state index in [1.165, 1.54) is 17.0 Å². The topological polar surface area (TPSA) is 80.8 Å². The van der Waals surface area contributed by atoms with Gasteiger partial charge >= 0.3 is 6.09 Å². The van der Waals surface area contributed by atoms with Crippen molar-refractivity contribution in [3.8, 4) is 0 Å². The largest absolute Gasteiger partial charge is 0.444 e. The summed E-state index contributed by atoms with van der Waals surface area (Å²) in [4.78, 5) is 26.4. The summed E-state index contributed by atoms with van der Waals surface area (Å²) in [5.74, 6) is -0.487. The lowest BCUT2D eigenvalue weighted by Gasteiger charge is -2.27. The van der Waals surface area contributed by atoms with E-state index in [-0.39, 0.29) is 4.90 Å². The van der Waals surface area contributed by atoms with E-state index in [1.807, 2.05) is 6.92 Å². The highest BCUT2D eigenvalue weighted by atomic mass is 32.2. The number of amides is 1. The highest BCUT2D eigenvalue weighted by Gasteiger charge is 2.58. The van der Waals surface area contributed by atoms with Crippen LogP contribution in [0.3, 0.4) is 0 Å². The monoisotopic (exact) mass is 363 g/mol. The fourth-order valence-electron chi connectivity index (χ4n) is 3.17. The maximum atomic E-state index is 13.0. The van der Waals surface area contributed by atoms with Crippen LogP contribution in [0.2, 0.25) is 0 Å². The van der Waals surface area contributed by atoms with Gasteiger partial charge in [-0.15, -0.1) is 0 Å². The molecule has 0 radical (unpaired) electrons. The first-order valence-corrected chi connectivity index (χ1v) is 9.61. The minimum absolute atomic E-state index is 0.0848. The lowest BCUT2D eigenvalue weighted by molar-refractivity contribution is -0.118. The summed E-state index contributed by atoms with van der Waals surface area (Å²) >= 11 is 0.